The van der Waals surface area contributed by atoms with Crippen LogP contribution >= 0.6 is 22.7 Å². The molecule has 4 rings (SSSR count). The van der Waals surface area contributed by atoms with Gasteiger partial charge in [0.15, 0.2) is 11.1 Å². The predicted molar refractivity (Wildman–Crippen MR) is 118 cm³/mol. The second-order valence-electron chi connectivity index (χ2n) is 6.73. The van der Waals surface area contributed by atoms with Crippen molar-refractivity contribution in [1.29, 1.82) is 0 Å². The molecule has 1 saturated heterocycles. The Hall–Kier alpha value is -2.45. The van der Waals surface area contributed by atoms with E-state index in [0.29, 0.717) is 12.5 Å². The fraction of sp³-hybridized carbons (Fsp3) is 0.350. The van der Waals surface area contributed by atoms with Gasteiger partial charge in [-0.15, -0.1) is 22.7 Å². The van der Waals surface area contributed by atoms with E-state index >= 15 is 0 Å². The van der Waals surface area contributed by atoms with Crippen molar-refractivity contribution >= 4 is 33.8 Å². The van der Waals surface area contributed by atoms with E-state index in [-0.39, 0.29) is 0 Å². The van der Waals surface area contributed by atoms with E-state index in [4.69, 9.17) is 5.73 Å². The van der Waals surface area contributed by atoms with E-state index in [1.54, 1.807) is 22.7 Å². The lowest BCUT2D eigenvalue weighted by Crippen LogP contribution is -2.51. The van der Waals surface area contributed by atoms with Crippen LogP contribution in [0.15, 0.2) is 46.2 Å². The Morgan fingerprint density at radius 3 is 2.57 bits per heavy atom. The van der Waals surface area contributed by atoms with Gasteiger partial charge < -0.3 is 15.5 Å². The van der Waals surface area contributed by atoms with Gasteiger partial charge in [0.1, 0.15) is 0 Å². The van der Waals surface area contributed by atoms with Crippen LogP contribution in [-0.2, 0) is 6.42 Å². The topological polar surface area (TPSA) is 70.6 Å². The van der Waals surface area contributed by atoms with Crippen molar-refractivity contribution < 1.29 is 0 Å². The van der Waals surface area contributed by atoms with Crippen molar-refractivity contribution in [2.75, 3.05) is 37.6 Å². The quantitative estimate of drug-likeness (QED) is 0.514. The molecule has 0 aliphatic carbocycles. The minimum absolute atomic E-state index is 0.647. The van der Waals surface area contributed by atoms with Gasteiger partial charge in [-0.05, 0) is 18.9 Å². The maximum absolute atomic E-state index is 6.22. The van der Waals surface area contributed by atoms with E-state index in [0.717, 1.165) is 54.0 Å². The van der Waals surface area contributed by atoms with Crippen LogP contribution in [0.3, 0.4) is 0 Å². The van der Waals surface area contributed by atoms with Gasteiger partial charge in [0.05, 0.1) is 10.7 Å². The third-order valence-corrected chi connectivity index (χ3v) is 6.44. The third-order valence-electron chi connectivity index (χ3n) is 4.84. The Morgan fingerprint density at radius 1 is 1.14 bits per heavy atom. The summed E-state index contributed by atoms with van der Waals surface area (Å²) in [6, 6.07) is 8.58. The highest BCUT2D eigenvalue weighted by molar-refractivity contribution is 7.13. The summed E-state index contributed by atoms with van der Waals surface area (Å²) in [4.78, 5) is 18.0. The Morgan fingerprint density at radius 2 is 1.93 bits per heavy atom. The molecule has 0 unspecified atom stereocenters. The SMILES string of the molecule is Cc1nc(-c2ccc(CCN=C(N)N3CCN(c4nccs4)CC3)cc2)cs1. The predicted octanol–water partition coefficient (Wildman–Crippen LogP) is 3.25. The summed E-state index contributed by atoms with van der Waals surface area (Å²) in [5.41, 5.74) is 9.69. The maximum atomic E-state index is 6.22. The zero-order valence-corrected chi connectivity index (χ0v) is 17.5. The number of aliphatic imine (C=N–C) groups is 1. The summed E-state index contributed by atoms with van der Waals surface area (Å²) >= 11 is 3.36. The number of aryl methyl sites for hydroxylation is 1. The van der Waals surface area contributed by atoms with Crippen molar-refractivity contribution in [2.24, 2.45) is 10.7 Å². The van der Waals surface area contributed by atoms with Crippen molar-refractivity contribution in [3.05, 3.63) is 51.8 Å². The number of piperazine rings is 1. The van der Waals surface area contributed by atoms with E-state index in [1.165, 1.54) is 5.56 Å². The van der Waals surface area contributed by atoms with E-state index in [1.807, 2.05) is 18.5 Å². The van der Waals surface area contributed by atoms with Gasteiger partial charge >= 0.3 is 0 Å². The molecule has 28 heavy (non-hydrogen) atoms. The average Bonchev–Trinajstić information content (AvgIpc) is 3.41. The Balaban J connectivity index is 1.26. The average molecular weight is 413 g/mol. The first-order valence-corrected chi connectivity index (χ1v) is 11.2. The molecule has 2 N–H and O–H groups in total. The van der Waals surface area contributed by atoms with Crippen molar-refractivity contribution in [3.8, 4) is 11.3 Å². The van der Waals surface area contributed by atoms with Crippen LogP contribution in [0.25, 0.3) is 11.3 Å². The van der Waals surface area contributed by atoms with Crippen LogP contribution in [0.2, 0.25) is 0 Å². The number of aromatic nitrogens is 2. The number of thiazole rings is 2. The molecule has 6 nitrogen and oxygen atoms in total. The Labute approximate surface area is 173 Å². The summed E-state index contributed by atoms with van der Waals surface area (Å²) in [7, 11) is 0. The van der Waals surface area contributed by atoms with Crippen molar-refractivity contribution in [2.45, 2.75) is 13.3 Å². The van der Waals surface area contributed by atoms with Gasteiger partial charge in [0, 0.05) is 55.2 Å². The van der Waals surface area contributed by atoms with Gasteiger partial charge in [-0.1, -0.05) is 24.3 Å². The van der Waals surface area contributed by atoms with E-state index < -0.39 is 0 Å². The first kappa shape index (κ1) is 18.9. The number of anilines is 1. The van der Waals surface area contributed by atoms with Gasteiger partial charge in [0.2, 0.25) is 0 Å². The second kappa shape index (κ2) is 8.70. The third kappa shape index (κ3) is 4.51. The number of nitrogens with two attached hydrogens (primary N) is 1. The minimum Gasteiger partial charge on any atom is -0.370 e. The summed E-state index contributed by atoms with van der Waals surface area (Å²) in [5, 5.41) is 6.30. The lowest BCUT2D eigenvalue weighted by molar-refractivity contribution is 0.380. The normalized spacial score (nSPS) is 15.2. The molecule has 1 aromatic carbocycles. The monoisotopic (exact) mass is 412 g/mol. The first-order valence-electron chi connectivity index (χ1n) is 9.40. The number of hydrogen-bond acceptors (Lipinski definition) is 6. The van der Waals surface area contributed by atoms with Crippen LogP contribution < -0.4 is 10.6 Å². The number of rotatable bonds is 5. The standard InChI is InChI=1S/C20H24N6S2/c1-15-24-18(14-28-15)17-4-2-16(3-5-17)6-7-22-19(21)25-9-11-26(12-10-25)20-23-8-13-27-20/h2-5,8,13-14H,6-7,9-12H2,1H3,(H2,21,22). The summed E-state index contributed by atoms with van der Waals surface area (Å²) in [6.45, 7) is 6.37. The highest BCUT2D eigenvalue weighted by atomic mass is 32.1. The largest absolute Gasteiger partial charge is 0.370 e. The number of hydrogen-bond donors (Lipinski definition) is 1. The molecule has 3 aromatic rings. The highest BCUT2D eigenvalue weighted by Crippen LogP contribution is 2.22. The van der Waals surface area contributed by atoms with Gasteiger partial charge in [-0.3, -0.25) is 4.99 Å². The fourth-order valence-electron chi connectivity index (χ4n) is 3.24. The molecule has 0 saturated carbocycles. The van der Waals surface area contributed by atoms with Crippen molar-refractivity contribution in [1.82, 2.24) is 14.9 Å². The highest BCUT2D eigenvalue weighted by Gasteiger charge is 2.19. The minimum atomic E-state index is 0.647. The van der Waals surface area contributed by atoms with Crippen LogP contribution in [-0.4, -0.2) is 53.6 Å². The first-order chi connectivity index (χ1) is 13.7. The lowest BCUT2D eigenvalue weighted by atomic mass is 10.1. The van der Waals surface area contributed by atoms with Crippen LogP contribution in [0.4, 0.5) is 5.13 Å². The number of nitrogens with zero attached hydrogens (tertiary/aromatic N) is 5. The molecule has 1 aliphatic heterocycles. The maximum Gasteiger partial charge on any atom is 0.191 e. The lowest BCUT2D eigenvalue weighted by Gasteiger charge is -2.35. The second-order valence-corrected chi connectivity index (χ2v) is 8.66. The molecule has 1 fully saturated rings. The molecule has 0 spiro atoms. The fourth-order valence-corrected chi connectivity index (χ4v) is 4.56. The van der Waals surface area contributed by atoms with Crippen LogP contribution in [0.1, 0.15) is 10.6 Å². The zero-order valence-electron chi connectivity index (χ0n) is 15.9. The summed E-state index contributed by atoms with van der Waals surface area (Å²) in [6.07, 6.45) is 2.74. The smallest absolute Gasteiger partial charge is 0.191 e. The molecule has 0 atom stereocenters. The summed E-state index contributed by atoms with van der Waals surface area (Å²) < 4.78 is 0. The Bertz CT molecular complexity index is 909. The molecule has 146 valence electrons. The molecule has 0 amide bonds. The Kier molecular flexibility index (Phi) is 5.87. The van der Waals surface area contributed by atoms with Gasteiger partial charge in [-0.2, -0.15) is 0 Å². The van der Waals surface area contributed by atoms with E-state index in [2.05, 4.69) is 54.4 Å². The molecular formula is C20H24N6S2. The molecule has 1 aliphatic rings. The number of guanidine groups is 1. The van der Waals surface area contributed by atoms with Crippen molar-refractivity contribution in [3.63, 3.8) is 0 Å². The molecule has 8 heteroatoms. The molecule has 2 aromatic heterocycles. The number of benzene rings is 1. The molecule has 0 bridgehead atoms. The van der Waals surface area contributed by atoms with Crippen LogP contribution in [0, 0.1) is 6.92 Å². The van der Waals surface area contributed by atoms with Gasteiger partial charge in [0.25, 0.3) is 0 Å². The van der Waals surface area contributed by atoms with Crippen LogP contribution in [0.5, 0.6) is 0 Å². The zero-order chi connectivity index (χ0) is 19.3. The van der Waals surface area contributed by atoms with E-state index in [9.17, 15) is 0 Å². The molecule has 3 heterocycles. The molecule has 0 radical (unpaired) electrons. The van der Waals surface area contributed by atoms with Gasteiger partial charge in [-0.25, -0.2) is 9.97 Å². The summed E-state index contributed by atoms with van der Waals surface area (Å²) in [5.74, 6) is 0.647. The molecular weight excluding hydrogens is 388 g/mol.